The average Bonchev–Trinajstić information content (AvgIpc) is 2.72. The molecule has 2 aliphatic heterocycles. The summed E-state index contributed by atoms with van der Waals surface area (Å²) in [6.45, 7) is 6.84. The van der Waals surface area contributed by atoms with Crippen LogP contribution < -0.4 is 5.73 Å². The zero-order chi connectivity index (χ0) is 12.5. The quantitative estimate of drug-likeness (QED) is 0.852. The summed E-state index contributed by atoms with van der Waals surface area (Å²) in [5.74, 6) is 0. The van der Waals surface area contributed by atoms with Gasteiger partial charge in [-0.25, -0.2) is 0 Å². The van der Waals surface area contributed by atoms with Crippen LogP contribution in [0.5, 0.6) is 0 Å². The summed E-state index contributed by atoms with van der Waals surface area (Å²) >= 11 is 0. The number of nitrogens with two attached hydrogens (primary N) is 1. The Morgan fingerprint density at radius 2 is 1.94 bits per heavy atom. The fourth-order valence-corrected chi connectivity index (χ4v) is 3.52. The molecule has 18 heavy (non-hydrogen) atoms. The van der Waals surface area contributed by atoms with E-state index >= 15 is 0 Å². The molecule has 98 valence electrons. The minimum atomic E-state index is 0.383. The van der Waals surface area contributed by atoms with E-state index in [9.17, 15) is 0 Å². The lowest BCUT2D eigenvalue weighted by Crippen LogP contribution is -2.54. The van der Waals surface area contributed by atoms with E-state index in [0.29, 0.717) is 18.1 Å². The molecule has 0 bridgehead atoms. The summed E-state index contributed by atoms with van der Waals surface area (Å²) < 4.78 is 0. The van der Waals surface area contributed by atoms with Crippen molar-refractivity contribution in [2.24, 2.45) is 5.73 Å². The van der Waals surface area contributed by atoms with Crippen LogP contribution in [-0.4, -0.2) is 47.6 Å². The van der Waals surface area contributed by atoms with E-state index in [1.807, 2.05) is 0 Å². The van der Waals surface area contributed by atoms with Crippen LogP contribution in [0.3, 0.4) is 0 Å². The van der Waals surface area contributed by atoms with Crippen LogP contribution in [0.15, 0.2) is 30.3 Å². The summed E-state index contributed by atoms with van der Waals surface area (Å²) in [5.41, 5.74) is 7.51. The second-order valence-corrected chi connectivity index (χ2v) is 5.88. The maximum absolute atomic E-state index is 6.09. The lowest BCUT2D eigenvalue weighted by Gasteiger charge is -2.42. The molecule has 0 aliphatic carbocycles. The van der Waals surface area contributed by atoms with Crippen molar-refractivity contribution < 1.29 is 0 Å². The number of rotatable bonds is 2. The Balaban J connectivity index is 1.65. The van der Waals surface area contributed by atoms with Gasteiger partial charge in [0.05, 0.1) is 0 Å². The molecule has 0 radical (unpaired) electrons. The van der Waals surface area contributed by atoms with Crippen molar-refractivity contribution in [2.45, 2.75) is 38.0 Å². The van der Waals surface area contributed by atoms with Crippen LogP contribution in [-0.2, 0) is 6.54 Å². The first-order valence-corrected chi connectivity index (χ1v) is 7.00. The van der Waals surface area contributed by atoms with Gasteiger partial charge in [0.25, 0.3) is 0 Å². The molecule has 0 saturated carbocycles. The van der Waals surface area contributed by atoms with Crippen LogP contribution in [0.4, 0.5) is 0 Å². The Morgan fingerprint density at radius 1 is 1.17 bits per heavy atom. The molecule has 1 unspecified atom stereocenters. The molecule has 3 atom stereocenters. The van der Waals surface area contributed by atoms with Gasteiger partial charge in [0, 0.05) is 44.3 Å². The van der Waals surface area contributed by atoms with Gasteiger partial charge in [-0.05, 0) is 18.9 Å². The number of hydrogen-bond donors (Lipinski definition) is 1. The maximum Gasteiger partial charge on any atom is 0.0242 e. The highest BCUT2D eigenvalue weighted by molar-refractivity contribution is 5.14. The molecule has 0 amide bonds. The van der Waals surface area contributed by atoms with E-state index in [0.717, 1.165) is 26.1 Å². The van der Waals surface area contributed by atoms with Gasteiger partial charge in [0.15, 0.2) is 0 Å². The molecule has 3 heteroatoms. The van der Waals surface area contributed by atoms with Crippen LogP contribution in [0.1, 0.15) is 18.9 Å². The first-order valence-electron chi connectivity index (χ1n) is 7.00. The molecule has 1 aromatic carbocycles. The third kappa shape index (κ3) is 2.44. The van der Waals surface area contributed by atoms with Gasteiger partial charge >= 0.3 is 0 Å². The zero-order valence-corrected chi connectivity index (χ0v) is 11.1. The fraction of sp³-hybridized carbons (Fsp3) is 0.600. The number of hydrogen-bond acceptors (Lipinski definition) is 3. The molecule has 2 N–H and O–H groups in total. The maximum atomic E-state index is 6.09. The monoisotopic (exact) mass is 245 g/mol. The van der Waals surface area contributed by atoms with Gasteiger partial charge in [-0.1, -0.05) is 30.3 Å². The van der Waals surface area contributed by atoms with Crippen molar-refractivity contribution in [2.75, 3.05) is 19.6 Å². The number of nitrogens with zero attached hydrogens (tertiary/aromatic N) is 2. The SMILES string of the molecule is C[C@@H]1CN(Cc2ccccc2)C[C@@H]2CC(N)CN21. The van der Waals surface area contributed by atoms with Crippen molar-refractivity contribution in [3.63, 3.8) is 0 Å². The molecular weight excluding hydrogens is 222 g/mol. The zero-order valence-electron chi connectivity index (χ0n) is 11.1. The largest absolute Gasteiger partial charge is 0.326 e. The normalized spacial score (nSPS) is 33.6. The van der Waals surface area contributed by atoms with E-state index in [1.165, 1.54) is 12.1 Å². The predicted octanol–water partition coefficient (Wildman–Crippen LogP) is 1.29. The highest BCUT2D eigenvalue weighted by Crippen LogP contribution is 2.25. The Labute approximate surface area is 110 Å². The van der Waals surface area contributed by atoms with Gasteiger partial charge in [-0.2, -0.15) is 0 Å². The first kappa shape index (κ1) is 12.2. The summed E-state index contributed by atoms with van der Waals surface area (Å²) in [5, 5.41) is 0. The van der Waals surface area contributed by atoms with Gasteiger partial charge in [0.2, 0.25) is 0 Å². The van der Waals surface area contributed by atoms with E-state index in [2.05, 4.69) is 47.1 Å². The Morgan fingerprint density at radius 3 is 2.72 bits per heavy atom. The molecule has 1 aromatic rings. The van der Waals surface area contributed by atoms with E-state index < -0.39 is 0 Å². The molecule has 0 spiro atoms. The topological polar surface area (TPSA) is 32.5 Å². The van der Waals surface area contributed by atoms with Gasteiger partial charge in [-0.3, -0.25) is 9.80 Å². The smallest absolute Gasteiger partial charge is 0.0242 e. The fourth-order valence-electron chi connectivity index (χ4n) is 3.52. The number of benzene rings is 1. The molecule has 2 aliphatic rings. The van der Waals surface area contributed by atoms with Crippen LogP contribution >= 0.6 is 0 Å². The molecule has 3 rings (SSSR count). The summed E-state index contributed by atoms with van der Waals surface area (Å²) in [7, 11) is 0. The third-order valence-electron chi connectivity index (χ3n) is 4.30. The predicted molar refractivity (Wildman–Crippen MR) is 74.3 cm³/mol. The summed E-state index contributed by atoms with van der Waals surface area (Å²) in [4.78, 5) is 5.19. The van der Waals surface area contributed by atoms with Crippen molar-refractivity contribution in [3.8, 4) is 0 Å². The third-order valence-corrected chi connectivity index (χ3v) is 4.30. The summed E-state index contributed by atoms with van der Waals surface area (Å²) in [6.07, 6.45) is 1.16. The second kappa shape index (κ2) is 5.00. The highest BCUT2D eigenvalue weighted by Gasteiger charge is 2.38. The second-order valence-electron chi connectivity index (χ2n) is 5.88. The van der Waals surface area contributed by atoms with E-state index in [1.54, 1.807) is 0 Å². The molecule has 2 heterocycles. The Kier molecular flexibility index (Phi) is 3.37. The van der Waals surface area contributed by atoms with Crippen molar-refractivity contribution in [1.29, 1.82) is 0 Å². The van der Waals surface area contributed by atoms with Crippen molar-refractivity contribution >= 4 is 0 Å². The molecule has 2 fully saturated rings. The van der Waals surface area contributed by atoms with Gasteiger partial charge < -0.3 is 5.73 Å². The summed E-state index contributed by atoms with van der Waals surface area (Å²) in [6, 6.07) is 12.5. The van der Waals surface area contributed by atoms with Crippen molar-refractivity contribution in [1.82, 2.24) is 9.80 Å². The van der Waals surface area contributed by atoms with Crippen molar-refractivity contribution in [3.05, 3.63) is 35.9 Å². The molecule has 2 saturated heterocycles. The molecule has 0 aromatic heterocycles. The first-order chi connectivity index (χ1) is 8.72. The van der Waals surface area contributed by atoms with Gasteiger partial charge in [-0.15, -0.1) is 0 Å². The molecule has 3 nitrogen and oxygen atoms in total. The highest BCUT2D eigenvalue weighted by atomic mass is 15.3. The van der Waals surface area contributed by atoms with E-state index in [4.69, 9.17) is 5.73 Å². The average molecular weight is 245 g/mol. The lowest BCUT2D eigenvalue weighted by molar-refractivity contribution is 0.0544. The minimum absolute atomic E-state index is 0.383. The van der Waals surface area contributed by atoms with E-state index in [-0.39, 0.29) is 0 Å². The van der Waals surface area contributed by atoms with Crippen LogP contribution in [0.25, 0.3) is 0 Å². The van der Waals surface area contributed by atoms with Gasteiger partial charge in [0.1, 0.15) is 0 Å². The lowest BCUT2D eigenvalue weighted by atomic mass is 10.1. The molecular formula is C15H23N3. The number of fused-ring (bicyclic) bond motifs is 1. The number of piperazine rings is 1. The van der Waals surface area contributed by atoms with Crippen LogP contribution in [0.2, 0.25) is 0 Å². The standard InChI is InChI=1S/C15H23N3/c1-12-8-17(9-13-5-3-2-4-6-13)11-15-7-14(16)10-18(12)15/h2-6,12,14-15H,7-11,16H2,1H3/t12-,14?,15+/m1/s1. The van der Waals surface area contributed by atoms with Crippen LogP contribution in [0, 0.1) is 0 Å². The Bertz CT molecular complexity index is 392. The minimum Gasteiger partial charge on any atom is -0.326 e. The Hall–Kier alpha value is -0.900.